The summed E-state index contributed by atoms with van der Waals surface area (Å²) in [5, 5.41) is 0. The molecule has 0 bridgehead atoms. The Hall–Kier alpha value is -0.260. The van der Waals surface area contributed by atoms with Crippen molar-refractivity contribution >= 4 is 0 Å². The highest BCUT2D eigenvalue weighted by molar-refractivity contribution is 4.91. The fourth-order valence-corrected chi connectivity index (χ4v) is 2.40. The first-order valence-corrected chi connectivity index (χ1v) is 5.52. The smallest absolute Gasteiger partial charge is 0.0353 e. The Morgan fingerprint density at radius 1 is 1.17 bits per heavy atom. The highest BCUT2D eigenvalue weighted by Gasteiger charge is 2.40. The molecule has 0 aliphatic heterocycles. The van der Waals surface area contributed by atoms with Crippen LogP contribution in [0.15, 0.2) is 12.7 Å². The molecule has 0 atom stereocenters. The molecule has 2 fully saturated rings. The van der Waals surface area contributed by atoms with Gasteiger partial charge in [-0.1, -0.05) is 6.08 Å². The molecule has 2 aliphatic carbocycles. The minimum absolute atomic E-state index is 1.12. The summed E-state index contributed by atoms with van der Waals surface area (Å²) in [4.78, 5) is 0. The van der Waals surface area contributed by atoms with Gasteiger partial charge in [0.2, 0.25) is 0 Å². The van der Waals surface area contributed by atoms with E-state index in [-0.39, 0.29) is 0 Å². The van der Waals surface area contributed by atoms with Gasteiger partial charge >= 0.3 is 0 Å². The Morgan fingerprint density at radius 3 is 2.17 bits per heavy atom. The largest absolute Gasteiger partial charge is 0.103 e. The van der Waals surface area contributed by atoms with Crippen molar-refractivity contribution in [3.63, 3.8) is 0 Å². The molecule has 0 saturated heterocycles. The standard InChI is InChI=1S/C12H20/c1-2-3-4-5-12(10-6-7-10)11-8-9-11/h2,10-12H,1,3-9H2. The van der Waals surface area contributed by atoms with Gasteiger partial charge in [-0.3, -0.25) is 0 Å². The van der Waals surface area contributed by atoms with Gasteiger partial charge in [-0.05, 0) is 62.7 Å². The first-order chi connectivity index (χ1) is 5.92. The molecule has 12 heavy (non-hydrogen) atoms. The molecule has 0 aromatic heterocycles. The third-order valence-corrected chi connectivity index (χ3v) is 3.40. The van der Waals surface area contributed by atoms with Crippen LogP contribution in [0.2, 0.25) is 0 Å². The van der Waals surface area contributed by atoms with Gasteiger partial charge in [0.1, 0.15) is 0 Å². The van der Waals surface area contributed by atoms with Crippen LogP contribution in [0.25, 0.3) is 0 Å². The summed E-state index contributed by atoms with van der Waals surface area (Å²) in [6.07, 6.45) is 12.3. The summed E-state index contributed by atoms with van der Waals surface area (Å²) in [7, 11) is 0. The summed E-state index contributed by atoms with van der Waals surface area (Å²) in [6, 6.07) is 0. The lowest BCUT2D eigenvalue weighted by Gasteiger charge is -2.13. The summed E-state index contributed by atoms with van der Waals surface area (Å²) in [5.74, 6) is 3.40. The first kappa shape index (κ1) is 8.34. The molecule has 0 heteroatoms. The first-order valence-electron chi connectivity index (χ1n) is 5.52. The highest BCUT2D eigenvalue weighted by atomic mass is 14.5. The highest BCUT2D eigenvalue weighted by Crippen LogP contribution is 2.51. The van der Waals surface area contributed by atoms with Crippen molar-refractivity contribution in [1.82, 2.24) is 0 Å². The van der Waals surface area contributed by atoms with Crippen LogP contribution in [0, 0.1) is 17.8 Å². The second-order valence-corrected chi connectivity index (χ2v) is 4.56. The third-order valence-electron chi connectivity index (χ3n) is 3.40. The molecule has 2 saturated carbocycles. The van der Waals surface area contributed by atoms with Gasteiger partial charge in [0.15, 0.2) is 0 Å². The van der Waals surface area contributed by atoms with Crippen LogP contribution in [-0.4, -0.2) is 0 Å². The minimum Gasteiger partial charge on any atom is -0.103 e. The molecule has 2 rings (SSSR count). The number of allylic oxidation sites excluding steroid dienone is 1. The van der Waals surface area contributed by atoms with E-state index in [1.165, 1.54) is 44.9 Å². The molecule has 2 aliphatic rings. The second-order valence-electron chi connectivity index (χ2n) is 4.56. The van der Waals surface area contributed by atoms with Gasteiger partial charge in [0, 0.05) is 0 Å². The van der Waals surface area contributed by atoms with Crippen LogP contribution in [0.3, 0.4) is 0 Å². The maximum atomic E-state index is 3.78. The van der Waals surface area contributed by atoms with E-state index < -0.39 is 0 Å². The van der Waals surface area contributed by atoms with Crippen LogP contribution in [0.4, 0.5) is 0 Å². The zero-order chi connectivity index (χ0) is 8.39. The Morgan fingerprint density at radius 2 is 1.75 bits per heavy atom. The molecule has 0 radical (unpaired) electrons. The quantitative estimate of drug-likeness (QED) is 0.414. The fraction of sp³-hybridized carbons (Fsp3) is 0.833. The van der Waals surface area contributed by atoms with Gasteiger partial charge in [0.05, 0.1) is 0 Å². The molecule has 0 aromatic carbocycles. The van der Waals surface area contributed by atoms with Crippen LogP contribution in [-0.2, 0) is 0 Å². The van der Waals surface area contributed by atoms with Crippen molar-refractivity contribution < 1.29 is 0 Å². The topological polar surface area (TPSA) is 0 Å². The van der Waals surface area contributed by atoms with Crippen molar-refractivity contribution in [3.05, 3.63) is 12.7 Å². The monoisotopic (exact) mass is 164 g/mol. The summed E-state index contributed by atoms with van der Waals surface area (Å²) in [5.41, 5.74) is 0. The molecule has 0 spiro atoms. The lowest BCUT2D eigenvalue weighted by Crippen LogP contribution is -2.05. The van der Waals surface area contributed by atoms with Crippen molar-refractivity contribution in [2.75, 3.05) is 0 Å². The SMILES string of the molecule is C=CCCCC(C1CC1)C1CC1. The summed E-state index contributed by atoms with van der Waals surface area (Å²) in [6.45, 7) is 3.78. The molecule has 0 amide bonds. The van der Waals surface area contributed by atoms with Gasteiger partial charge in [-0.15, -0.1) is 6.58 Å². The zero-order valence-electron chi connectivity index (χ0n) is 7.97. The van der Waals surface area contributed by atoms with E-state index in [1.807, 2.05) is 0 Å². The average molecular weight is 164 g/mol. The van der Waals surface area contributed by atoms with E-state index in [0.29, 0.717) is 0 Å². The molecule has 0 heterocycles. The summed E-state index contributed by atoms with van der Waals surface area (Å²) < 4.78 is 0. The molecule has 68 valence electrons. The molecule has 0 aromatic rings. The second kappa shape index (κ2) is 3.64. The maximum Gasteiger partial charge on any atom is -0.0353 e. The maximum absolute atomic E-state index is 3.78. The van der Waals surface area contributed by atoms with Gasteiger partial charge < -0.3 is 0 Å². The summed E-state index contributed by atoms with van der Waals surface area (Å²) >= 11 is 0. The van der Waals surface area contributed by atoms with Crippen molar-refractivity contribution in [2.45, 2.75) is 44.9 Å². The lowest BCUT2D eigenvalue weighted by atomic mass is 9.92. The van der Waals surface area contributed by atoms with Crippen LogP contribution in [0.1, 0.15) is 44.9 Å². The number of unbranched alkanes of at least 4 members (excludes halogenated alkanes) is 1. The molecular formula is C12H20. The van der Waals surface area contributed by atoms with E-state index in [4.69, 9.17) is 0 Å². The van der Waals surface area contributed by atoms with Gasteiger partial charge in [-0.25, -0.2) is 0 Å². The molecule has 0 unspecified atom stereocenters. The predicted octanol–water partition coefficient (Wildman–Crippen LogP) is 3.78. The number of hydrogen-bond donors (Lipinski definition) is 0. The van der Waals surface area contributed by atoms with E-state index >= 15 is 0 Å². The third kappa shape index (κ3) is 2.12. The minimum atomic E-state index is 1.12. The van der Waals surface area contributed by atoms with Crippen molar-refractivity contribution in [1.29, 1.82) is 0 Å². The predicted molar refractivity (Wildman–Crippen MR) is 53.0 cm³/mol. The average Bonchev–Trinajstić information content (AvgIpc) is 2.87. The van der Waals surface area contributed by atoms with Crippen LogP contribution < -0.4 is 0 Å². The van der Waals surface area contributed by atoms with E-state index in [0.717, 1.165) is 17.8 Å². The van der Waals surface area contributed by atoms with Gasteiger partial charge in [-0.2, -0.15) is 0 Å². The molecule has 0 N–H and O–H groups in total. The van der Waals surface area contributed by atoms with Crippen LogP contribution >= 0.6 is 0 Å². The normalized spacial score (nSPS) is 23.1. The van der Waals surface area contributed by atoms with E-state index in [2.05, 4.69) is 12.7 Å². The van der Waals surface area contributed by atoms with Gasteiger partial charge in [0.25, 0.3) is 0 Å². The molecule has 0 nitrogen and oxygen atoms in total. The van der Waals surface area contributed by atoms with Crippen molar-refractivity contribution in [3.8, 4) is 0 Å². The van der Waals surface area contributed by atoms with E-state index in [9.17, 15) is 0 Å². The van der Waals surface area contributed by atoms with Crippen molar-refractivity contribution in [2.24, 2.45) is 17.8 Å². The zero-order valence-corrected chi connectivity index (χ0v) is 7.97. The van der Waals surface area contributed by atoms with E-state index in [1.54, 1.807) is 0 Å². The fourth-order valence-electron chi connectivity index (χ4n) is 2.40. The Balaban J connectivity index is 1.69. The lowest BCUT2D eigenvalue weighted by molar-refractivity contribution is 0.368. The number of rotatable bonds is 6. The number of hydrogen-bond acceptors (Lipinski definition) is 0. The Bertz CT molecular complexity index is 139. The Labute approximate surface area is 76.1 Å². The van der Waals surface area contributed by atoms with Crippen LogP contribution in [0.5, 0.6) is 0 Å². The molecular weight excluding hydrogens is 144 g/mol. The Kier molecular flexibility index (Phi) is 2.53.